The molecule has 0 saturated carbocycles. The summed E-state index contributed by atoms with van der Waals surface area (Å²) >= 11 is 42.0. The number of benzene rings is 5. The van der Waals surface area contributed by atoms with Crippen LogP contribution in [0.15, 0.2) is 83.9 Å². The van der Waals surface area contributed by atoms with Gasteiger partial charge >= 0.3 is 5.97 Å². The van der Waals surface area contributed by atoms with Crippen molar-refractivity contribution in [2.24, 2.45) is 0 Å². The Bertz CT molecular complexity index is 2520. The van der Waals surface area contributed by atoms with Gasteiger partial charge in [0, 0.05) is 53.2 Å². The molecule has 0 unspecified atom stereocenters. The molecule has 60 heavy (non-hydrogen) atoms. The van der Waals surface area contributed by atoms with E-state index in [9.17, 15) is 4.79 Å². The Morgan fingerprint density at radius 3 is 1.35 bits per heavy atom. The fraction of sp³-hybridized carbons (Fsp3) is 0.300. The first-order valence-corrected chi connectivity index (χ1v) is 22.7. The van der Waals surface area contributed by atoms with Gasteiger partial charge in [-0.1, -0.05) is 106 Å². The highest BCUT2D eigenvalue weighted by atomic mass is 35.5. The first-order chi connectivity index (χ1) is 28.6. The molecule has 5 aromatic carbocycles. The highest BCUT2D eigenvalue weighted by Gasteiger charge is 2.54. The zero-order valence-electron chi connectivity index (χ0n) is 34.6. The van der Waals surface area contributed by atoms with Gasteiger partial charge in [-0.3, -0.25) is 0 Å². The number of carbonyl (C=O) groups is 1. The van der Waals surface area contributed by atoms with Crippen LogP contribution in [0.5, 0.6) is 0 Å². The molecule has 0 aliphatic carbocycles. The number of nitrogens with zero attached hydrogens (tertiary/aromatic N) is 2. The molecule has 0 spiro atoms. The van der Waals surface area contributed by atoms with Gasteiger partial charge in [-0.05, 0) is 170 Å². The topological polar surface area (TPSA) is 32.8 Å². The number of ether oxygens (including phenoxy) is 1. The molecule has 5 aromatic rings. The summed E-state index contributed by atoms with van der Waals surface area (Å²) in [5.41, 5.74) is 11.6. The molecule has 10 heteroatoms. The Morgan fingerprint density at radius 1 is 0.533 bits per heavy atom. The van der Waals surface area contributed by atoms with Gasteiger partial charge in [0.05, 0.1) is 25.7 Å². The predicted molar refractivity (Wildman–Crippen MR) is 255 cm³/mol. The minimum atomic E-state index is -1.67. The molecule has 0 amide bonds. The smallest absolute Gasteiger partial charge is 0.341 e. The molecule has 3 heterocycles. The van der Waals surface area contributed by atoms with Gasteiger partial charge in [-0.25, -0.2) is 4.79 Å². The Labute approximate surface area is 383 Å². The second kappa shape index (κ2) is 16.9. The van der Waals surface area contributed by atoms with E-state index in [0.29, 0.717) is 26.8 Å². The van der Waals surface area contributed by atoms with Gasteiger partial charge in [-0.15, -0.1) is 0 Å². The van der Waals surface area contributed by atoms with Crippen molar-refractivity contribution >= 4 is 98.1 Å². The second-order valence-electron chi connectivity index (χ2n) is 16.4. The number of hydrogen-bond donors (Lipinski definition) is 0. The maximum Gasteiger partial charge on any atom is 0.341 e. The fourth-order valence-corrected chi connectivity index (χ4v) is 10.8. The molecule has 8 rings (SSSR count). The molecule has 4 nitrogen and oxygen atoms in total. The summed E-state index contributed by atoms with van der Waals surface area (Å²) in [5, 5.41) is 1.28. The molecule has 0 aromatic heterocycles. The summed E-state index contributed by atoms with van der Waals surface area (Å²) in [5.74, 6) is -0.668. The van der Waals surface area contributed by atoms with Crippen LogP contribution < -0.4 is 9.80 Å². The molecule has 3 aliphatic heterocycles. The third-order valence-corrected chi connectivity index (χ3v) is 15.3. The minimum Gasteiger partial charge on any atom is -0.441 e. The van der Waals surface area contributed by atoms with Gasteiger partial charge in [0.25, 0.3) is 0 Å². The quantitative estimate of drug-likeness (QED) is 0.0882. The SMILES string of the molecule is C/C(=C(/c1ccc(C)c(Cl)c1)c1ccc(N2CCCC2)cc1C)C1(/C(C)=C(\c2ccc(C)c(Cl)c2)c2ccc(N3CCCC3)cc2C)OC(=O)c2c(Cl)c(Cl)c(Cl)c(Cl)c21. The first kappa shape index (κ1) is 43.1. The van der Waals surface area contributed by atoms with Crippen LogP contribution in [-0.4, -0.2) is 32.1 Å². The van der Waals surface area contributed by atoms with Crippen molar-refractivity contribution in [2.45, 2.75) is 72.8 Å². The molecule has 2 fully saturated rings. The van der Waals surface area contributed by atoms with E-state index in [0.717, 1.165) is 108 Å². The zero-order chi connectivity index (χ0) is 42.8. The van der Waals surface area contributed by atoms with E-state index in [4.69, 9.17) is 74.3 Å². The van der Waals surface area contributed by atoms with Crippen LogP contribution in [0.1, 0.15) is 100.0 Å². The van der Waals surface area contributed by atoms with Crippen LogP contribution in [0.3, 0.4) is 0 Å². The third-order valence-electron chi connectivity index (χ3n) is 12.7. The molecular weight excluding hydrogens is 873 g/mol. The second-order valence-corrected chi connectivity index (χ2v) is 18.7. The zero-order valence-corrected chi connectivity index (χ0v) is 39.1. The predicted octanol–water partition coefficient (Wildman–Crippen LogP) is 15.5. The van der Waals surface area contributed by atoms with Crippen molar-refractivity contribution < 1.29 is 9.53 Å². The molecule has 0 radical (unpaired) electrons. The summed E-state index contributed by atoms with van der Waals surface area (Å²) in [4.78, 5) is 19.5. The van der Waals surface area contributed by atoms with Crippen LogP contribution in [0.4, 0.5) is 11.4 Å². The highest BCUT2D eigenvalue weighted by molar-refractivity contribution is 6.53. The van der Waals surface area contributed by atoms with Crippen LogP contribution in [-0.2, 0) is 10.3 Å². The van der Waals surface area contributed by atoms with Crippen LogP contribution in [0, 0.1) is 27.7 Å². The van der Waals surface area contributed by atoms with Crippen molar-refractivity contribution in [3.63, 3.8) is 0 Å². The van der Waals surface area contributed by atoms with E-state index < -0.39 is 11.6 Å². The molecular formula is C50H46Cl6N2O2. The maximum absolute atomic E-state index is 14.7. The van der Waals surface area contributed by atoms with Crippen LogP contribution >= 0.6 is 69.6 Å². The van der Waals surface area contributed by atoms with Crippen molar-refractivity contribution in [1.82, 2.24) is 0 Å². The monoisotopic (exact) mass is 916 g/mol. The average molecular weight is 920 g/mol. The first-order valence-electron chi connectivity index (χ1n) is 20.4. The van der Waals surface area contributed by atoms with Gasteiger partial charge in [0.2, 0.25) is 0 Å². The molecule has 0 bridgehead atoms. The standard InChI is InChI=1S/C50H46Cl6N2O2/c1-27-11-13-33(25-39(27)51)41(37-17-15-35(23-29(37)3)57-19-7-8-20-57)31(5)50(44-43(49(59)60-50)45(53)47(55)48(56)46(44)54)32(6)42(34-14-12-28(2)40(52)26-34)38-18-16-36(24-30(38)4)58-21-9-10-22-58/h11-18,23-26H,7-10,19-22H2,1-6H3/b41-31+,42-32+. The van der Waals surface area contributed by atoms with Gasteiger partial charge < -0.3 is 14.5 Å². The Balaban J connectivity index is 1.53. The van der Waals surface area contributed by atoms with E-state index in [1.165, 1.54) is 11.4 Å². The number of fused-ring (bicyclic) bond motifs is 1. The number of rotatable bonds is 8. The number of anilines is 2. The van der Waals surface area contributed by atoms with E-state index >= 15 is 0 Å². The van der Waals surface area contributed by atoms with Crippen molar-refractivity contribution in [1.29, 1.82) is 0 Å². The molecule has 3 aliphatic rings. The van der Waals surface area contributed by atoms with Crippen LogP contribution in [0.25, 0.3) is 11.1 Å². The number of carbonyl (C=O) groups excluding carboxylic acids is 1. The largest absolute Gasteiger partial charge is 0.441 e. The lowest BCUT2D eigenvalue weighted by molar-refractivity contribution is 0.0230. The third kappa shape index (κ3) is 7.33. The fourth-order valence-electron chi connectivity index (χ4n) is 9.40. The average Bonchev–Trinajstić information content (AvgIpc) is 4.02. The number of hydrogen-bond acceptors (Lipinski definition) is 4. The lowest BCUT2D eigenvalue weighted by Crippen LogP contribution is -2.32. The van der Waals surface area contributed by atoms with Crippen LogP contribution in [0.2, 0.25) is 30.1 Å². The summed E-state index contributed by atoms with van der Waals surface area (Å²) in [6.07, 6.45) is 4.65. The van der Waals surface area contributed by atoms with Gasteiger partial charge in [-0.2, -0.15) is 0 Å². The van der Waals surface area contributed by atoms with Crippen molar-refractivity contribution in [3.8, 4) is 0 Å². The lowest BCUT2D eigenvalue weighted by atomic mass is 9.72. The maximum atomic E-state index is 14.7. The molecule has 2 saturated heterocycles. The van der Waals surface area contributed by atoms with E-state index in [1.54, 1.807) is 0 Å². The number of halogens is 6. The van der Waals surface area contributed by atoms with Gasteiger partial charge in [0.15, 0.2) is 5.60 Å². The number of esters is 1. The van der Waals surface area contributed by atoms with E-state index in [1.807, 2.05) is 52.0 Å². The van der Waals surface area contributed by atoms with E-state index in [-0.39, 0.29) is 25.7 Å². The molecule has 0 N–H and O–H groups in total. The summed E-state index contributed by atoms with van der Waals surface area (Å²) in [6, 6.07) is 25.2. The lowest BCUT2D eigenvalue weighted by Gasteiger charge is -2.36. The molecule has 0 atom stereocenters. The Kier molecular flexibility index (Phi) is 12.1. The minimum absolute atomic E-state index is 0.0177. The molecule has 310 valence electrons. The Morgan fingerprint density at radius 2 is 0.950 bits per heavy atom. The van der Waals surface area contributed by atoms with Crippen molar-refractivity contribution in [3.05, 3.63) is 170 Å². The normalized spacial score (nSPS) is 18.5. The Hall–Kier alpha value is -3.61. The van der Waals surface area contributed by atoms with E-state index in [2.05, 4.69) is 72.2 Å². The number of aryl methyl sites for hydroxylation is 4. The number of cyclic esters (lactones) is 1. The summed E-state index contributed by atoms with van der Waals surface area (Å²) < 4.78 is 6.94. The summed E-state index contributed by atoms with van der Waals surface area (Å²) in [7, 11) is 0. The highest BCUT2D eigenvalue weighted by Crippen LogP contribution is 2.59. The van der Waals surface area contributed by atoms with Crippen molar-refractivity contribution in [2.75, 3.05) is 36.0 Å². The van der Waals surface area contributed by atoms with Gasteiger partial charge in [0.1, 0.15) is 0 Å². The summed E-state index contributed by atoms with van der Waals surface area (Å²) in [6.45, 7) is 16.2.